The van der Waals surface area contributed by atoms with Crippen LogP contribution >= 0.6 is 0 Å². The van der Waals surface area contributed by atoms with Gasteiger partial charge in [-0.15, -0.1) is 0 Å². The van der Waals surface area contributed by atoms with Crippen molar-refractivity contribution in [2.75, 3.05) is 0 Å². The van der Waals surface area contributed by atoms with Crippen LogP contribution in [-0.2, 0) is 10.1 Å². The number of hydrogen-bond donors (Lipinski definition) is 1. The van der Waals surface area contributed by atoms with Crippen LogP contribution in [0.1, 0.15) is 5.56 Å². The molecule has 0 saturated carbocycles. The van der Waals surface area contributed by atoms with E-state index in [2.05, 4.69) is 4.98 Å². The van der Waals surface area contributed by atoms with Crippen molar-refractivity contribution < 1.29 is 47.6 Å². The van der Waals surface area contributed by atoms with E-state index in [9.17, 15) is 18.1 Å². The van der Waals surface area contributed by atoms with Crippen molar-refractivity contribution in [2.24, 2.45) is 0 Å². The second kappa shape index (κ2) is 4.91. The summed E-state index contributed by atoms with van der Waals surface area (Å²) < 4.78 is 32.4. The summed E-state index contributed by atoms with van der Waals surface area (Å²) in [4.78, 5) is 3.38. The van der Waals surface area contributed by atoms with Gasteiger partial charge < -0.3 is 9.66 Å². The third-order valence-corrected chi connectivity index (χ3v) is 3.11. The summed E-state index contributed by atoms with van der Waals surface area (Å²) in [6.45, 7) is 1.74. The minimum Gasteiger partial charge on any atom is -0.744 e. The minimum atomic E-state index is -4.52. The van der Waals surface area contributed by atoms with Crippen LogP contribution in [0.15, 0.2) is 29.3 Å². The molecular weight excluding hydrogens is 253 g/mol. The van der Waals surface area contributed by atoms with Gasteiger partial charge in [0.1, 0.15) is 21.4 Å². The van der Waals surface area contributed by atoms with Crippen molar-refractivity contribution in [2.45, 2.75) is 11.8 Å². The molecule has 2 aromatic rings. The number of nitrogens with zero attached hydrogens (tertiary/aromatic N) is 1. The molecule has 1 aromatic heterocycles. The van der Waals surface area contributed by atoms with Crippen LogP contribution in [0.3, 0.4) is 0 Å². The van der Waals surface area contributed by atoms with Crippen LogP contribution in [0.5, 0.6) is 5.75 Å². The van der Waals surface area contributed by atoms with Gasteiger partial charge in [-0.1, -0.05) is 6.07 Å². The first-order valence-electron chi connectivity index (χ1n) is 4.44. The van der Waals surface area contributed by atoms with Crippen molar-refractivity contribution in [1.29, 1.82) is 0 Å². The maximum atomic E-state index is 10.8. The number of aromatic nitrogens is 1. The van der Waals surface area contributed by atoms with Gasteiger partial charge >= 0.3 is 29.6 Å². The molecule has 0 bridgehead atoms. The molecule has 5 nitrogen and oxygen atoms in total. The van der Waals surface area contributed by atoms with Crippen molar-refractivity contribution in [1.82, 2.24) is 4.98 Å². The van der Waals surface area contributed by atoms with E-state index in [0.29, 0.717) is 5.39 Å². The smallest absolute Gasteiger partial charge is 0.744 e. The van der Waals surface area contributed by atoms with E-state index in [0.717, 1.165) is 11.8 Å². The van der Waals surface area contributed by atoms with Gasteiger partial charge in [0.2, 0.25) is 0 Å². The number of phenolic OH excluding ortho intramolecular Hbond substituents is 1. The van der Waals surface area contributed by atoms with Gasteiger partial charge in [0.05, 0.1) is 4.90 Å². The fourth-order valence-corrected chi connectivity index (χ4v) is 1.90. The van der Waals surface area contributed by atoms with Crippen LogP contribution in [0.25, 0.3) is 10.9 Å². The number of phenols is 1. The Hall–Kier alpha value is -0.660. The standard InChI is InChI=1S/C10H9NO4S.Na/c1-6-2-3-9(12)10-8(6)4-7(5-11-10)16(13,14)15;/h2-5,12H,1H3,(H,13,14,15);/q;+1/p-1. The van der Waals surface area contributed by atoms with Gasteiger partial charge in [-0.2, -0.15) is 0 Å². The molecular formula is C10H8NNaO4S. The largest absolute Gasteiger partial charge is 1.00 e. The molecule has 17 heavy (non-hydrogen) atoms. The van der Waals surface area contributed by atoms with Gasteiger partial charge in [0, 0.05) is 11.6 Å². The van der Waals surface area contributed by atoms with E-state index >= 15 is 0 Å². The van der Waals surface area contributed by atoms with Crippen LogP contribution in [0.4, 0.5) is 0 Å². The van der Waals surface area contributed by atoms with Gasteiger partial charge in [-0.25, -0.2) is 8.42 Å². The Kier molecular flexibility index (Phi) is 4.16. The zero-order chi connectivity index (χ0) is 11.9. The zero-order valence-corrected chi connectivity index (χ0v) is 12.2. The number of hydrogen-bond acceptors (Lipinski definition) is 5. The number of rotatable bonds is 1. The molecule has 1 aromatic carbocycles. The normalized spacial score (nSPS) is 11.2. The van der Waals surface area contributed by atoms with Crippen LogP contribution < -0.4 is 29.6 Å². The van der Waals surface area contributed by atoms with Gasteiger partial charge in [0.15, 0.2) is 0 Å². The summed E-state index contributed by atoms with van der Waals surface area (Å²) in [5, 5.41) is 9.95. The SMILES string of the molecule is Cc1ccc(O)c2ncc(S(=O)(=O)[O-])cc12.[Na+]. The van der Waals surface area contributed by atoms with Crippen molar-refractivity contribution >= 4 is 21.0 Å². The molecule has 1 N–H and O–H groups in total. The van der Waals surface area contributed by atoms with Gasteiger partial charge in [0.25, 0.3) is 0 Å². The predicted molar refractivity (Wildman–Crippen MR) is 56.1 cm³/mol. The van der Waals surface area contributed by atoms with E-state index in [4.69, 9.17) is 0 Å². The molecule has 2 rings (SSSR count). The molecule has 0 atom stereocenters. The summed E-state index contributed by atoms with van der Waals surface area (Å²) in [5.41, 5.74) is 1.03. The molecule has 0 unspecified atom stereocenters. The summed E-state index contributed by atoms with van der Waals surface area (Å²) in [5.74, 6) is -0.0459. The summed E-state index contributed by atoms with van der Waals surface area (Å²) in [6, 6.07) is 4.32. The van der Waals surface area contributed by atoms with Gasteiger partial charge in [-0.05, 0) is 24.6 Å². The van der Waals surface area contributed by atoms with Crippen molar-refractivity contribution in [3.63, 3.8) is 0 Å². The maximum absolute atomic E-state index is 10.8. The number of fused-ring (bicyclic) bond motifs is 1. The quantitative estimate of drug-likeness (QED) is 0.481. The van der Waals surface area contributed by atoms with Crippen LogP contribution in [0.2, 0.25) is 0 Å². The Labute approximate surface area is 121 Å². The van der Waals surface area contributed by atoms with Gasteiger partial charge in [-0.3, -0.25) is 4.98 Å². The maximum Gasteiger partial charge on any atom is 1.00 e. The first kappa shape index (κ1) is 14.4. The third kappa shape index (κ3) is 2.78. The van der Waals surface area contributed by atoms with Crippen LogP contribution in [-0.4, -0.2) is 23.1 Å². The monoisotopic (exact) mass is 261 g/mol. The molecule has 1 heterocycles. The van der Waals surface area contributed by atoms with E-state index in [1.54, 1.807) is 13.0 Å². The number of aromatic hydroxyl groups is 1. The first-order valence-corrected chi connectivity index (χ1v) is 5.84. The second-order valence-electron chi connectivity index (χ2n) is 3.42. The predicted octanol–water partition coefficient (Wildman–Crippen LogP) is -1.84. The molecule has 0 aliphatic carbocycles. The molecule has 0 amide bonds. The van der Waals surface area contributed by atoms with E-state index < -0.39 is 15.0 Å². The molecule has 0 aliphatic rings. The zero-order valence-electron chi connectivity index (χ0n) is 9.34. The average Bonchev–Trinajstić information content (AvgIpc) is 2.22. The summed E-state index contributed by atoms with van der Waals surface area (Å²) in [7, 11) is -4.52. The molecule has 0 fully saturated rings. The minimum absolute atomic E-state index is 0. The Balaban J connectivity index is 0.00000144. The van der Waals surface area contributed by atoms with Crippen LogP contribution in [0, 0.1) is 6.92 Å². The van der Waals surface area contributed by atoms with E-state index in [-0.39, 0.29) is 40.8 Å². The fraction of sp³-hybridized carbons (Fsp3) is 0.100. The Bertz CT molecular complexity index is 669. The molecule has 0 spiro atoms. The Morgan fingerprint density at radius 2 is 2.00 bits per heavy atom. The summed E-state index contributed by atoms with van der Waals surface area (Å²) >= 11 is 0. The van der Waals surface area contributed by atoms with Crippen molar-refractivity contribution in [3.05, 3.63) is 30.0 Å². The topological polar surface area (TPSA) is 90.3 Å². The Morgan fingerprint density at radius 1 is 1.35 bits per heavy atom. The molecule has 0 radical (unpaired) electrons. The molecule has 7 heteroatoms. The number of aryl methyl sites for hydroxylation is 1. The number of benzene rings is 1. The van der Waals surface area contributed by atoms with E-state index in [1.807, 2.05) is 0 Å². The first-order chi connectivity index (χ1) is 7.39. The third-order valence-electron chi connectivity index (χ3n) is 2.31. The number of pyridine rings is 1. The second-order valence-corrected chi connectivity index (χ2v) is 4.80. The molecule has 84 valence electrons. The van der Waals surface area contributed by atoms with E-state index in [1.165, 1.54) is 12.1 Å². The summed E-state index contributed by atoms with van der Waals surface area (Å²) in [6.07, 6.45) is 0.948. The average molecular weight is 261 g/mol. The fourth-order valence-electron chi connectivity index (χ4n) is 1.46. The Morgan fingerprint density at radius 3 is 2.59 bits per heavy atom. The molecule has 0 aliphatic heterocycles. The molecule has 0 saturated heterocycles. The van der Waals surface area contributed by atoms with Crippen molar-refractivity contribution in [3.8, 4) is 5.75 Å².